The van der Waals surface area contributed by atoms with Crippen LogP contribution in [0.3, 0.4) is 0 Å². The van der Waals surface area contributed by atoms with E-state index in [-0.39, 0.29) is 5.76 Å². The molecule has 0 spiro atoms. The van der Waals surface area contributed by atoms with Gasteiger partial charge in [-0.1, -0.05) is 23.8 Å². The monoisotopic (exact) mass is 367 g/mol. The number of benzene rings is 1. The number of amidine groups is 1. The molecule has 2 N–H and O–H groups in total. The third-order valence-electron chi connectivity index (χ3n) is 4.24. The second kappa shape index (κ2) is 6.13. The summed E-state index contributed by atoms with van der Waals surface area (Å²) in [5.41, 5.74) is 4.66. The topological polar surface area (TPSA) is 60.2 Å². The predicted octanol–water partition coefficient (Wildman–Crippen LogP) is 5.26. The Morgan fingerprint density at radius 2 is 2.04 bits per heavy atom. The van der Waals surface area contributed by atoms with E-state index < -0.39 is 0 Å². The lowest BCUT2D eigenvalue weighted by molar-refractivity contribution is 0.411. The van der Waals surface area contributed by atoms with Crippen LogP contribution in [0.2, 0.25) is 0 Å². The van der Waals surface area contributed by atoms with Crippen molar-refractivity contribution in [2.75, 3.05) is 11.4 Å². The minimum absolute atomic E-state index is 0.206. The number of aliphatic hydroxyl groups excluding tert-OH is 1. The quantitative estimate of drug-likeness (QED) is 0.664. The van der Waals surface area contributed by atoms with Crippen molar-refractivity contribution in [1.82, 2.24) is 4.98 Å². The fourth-order valence-electron chi connectivity index (χ4n) is 3.04. The first kappa shape index (κ1) is 16.1. The molecule has 4 nitrogen and oxygen atoms in total. The third-order valence-corrected chi connectivity index (χ3v) is 5.99. The molecule has 0 amide bonds. The summed E-state index contributed by atoms with van der Waals surface area (Å²) in [5.74, 6) is 0.508. The van der Waals surface area contributed by atoms with Crippen LogP contribution in [0.1, 0.15) is 16.1 Å². The molecule has 0 aliphatic carbocycles. The number of nitrogens with one attached hydrogen (secondary N) is 1. The molecule has 25 heavy (non-hydrogen) atoms. The van der Waals surface area contributed by atoms with E-state index in [1.165, 1.54) is 16.9 Å². The Kier molecular flexibility index (Phi) is 3.94. The molecule has 1 aliphatic heterocycles. The van der Waals surface area contributed by atoms with Crippen molar-refractivity contribution in [2.45, 2.75) is 13.8 Å². The number of hydrogen-bond acceptors (Lipinski definition) is 5. The van der Waals surface area contributed by atoms with Crippen LogP contribution in [0.25, 0.3) is 16.1 Å². The number of anilines is 1. The predicted molar refractivity (Wildman–Crippen MR) is 106 cm³/mol. The number of aliphatic hydroxyl groups is 1. The summed E-state index contributed by atoms with van der Waals surface area (Å²) in [6, 6.07) is 10.2. The zero-order chi connectivity index (χ0) is 17.6. The molecule has 0 radical (unpaired) electrons. The number of rotatable bonds is 3. The van der Waals surface area contributed by atoms with Crippen LogP contribution in [-0.2, 0) is 0 Å². The maximum atomic E-state index is 10.5. The molecule has 6 heteroatoms. The number of thiophene rings is 1. The number of aryl methyl sites for hydroxylation is 2. The molecule has 0 fully saturated rings. The van der Waals surface area contributed by atoms with E-state index in [0.717, 1.165) is 21.8 Å². The average Bonchev–Trinajstić information content (AvgIpc) is 3.28. The van der Waals surface area contributed by atoms with Crippen molar-refractivity contribution in [3.8, 4) is 10.6 Å². The lowest BCUT2D eigenvalue weighted by Crippen LogP contribution is -2.26. The first-order valence-corrected chi connectivity index (χ1v) is 9.66. The van der Waals surface area contributed by atoms with Crippen molar-refractivity contribution in [3.63, 3.8) is 0 Å². The van der Waals surface area contributed by atoms with Gasteiger partial charge < -0.3 is 10.0 Å². The summed E-state index contributed by atoms with van der Waals surface area (Å²) < 4.78 is 0. The van der Waals surface area contributed by atoms with Gasteiger partial charge in [-0.2, -0.15) is 0 Å². The summed E-state index contributed by atoms with van der Waals surface area (Å²) in [6.45, 7) is 4.39. The fraction of sp³-hybridized carbons (Fsp3) is 0.158. The summed E-state index contributed by atoms with van der Waals surface area (Å²) in [5, 5.41) is 23.8. The number of thiazole rings is 1. The first-order chi connectivity index (χ1) is 12.0. The van der Waals surface area contributed by atoms with Crippen molar-refractivity contribution < 1.29 is 5.11 Å². The highest BCUT2D eigenvalue weighted by molar-refractivity contribution is 7.14. The molecule has 0 saturated heterocycles. The van der Waals surface area contributed by atoms with Crippen LogP contribution >= 0.6 is 22.7 Å². The molecule has 3 aromatic rings. The van der Waals surface area contributed by atoms with Gasteiger partial charge in [0, 0.05) is 11.1 Å². The molecule has 2 aromatic heterocycles. The van der Waals surface area contributed by atoms with E-state index in [9.17, 15) is 5.11 Å². The standard InChI is InChI=1S/C19H17N3OS2/c1-11-5-6-14(12(2)8-11)22-9-15(23)17(18(22)20)19-21-13(10-25-19)16-4-3-7-24-16/h3-8,10,20,23H,9H2,1-2H3. The van der Waals surface area contributed by atoms with Crippen LogP contribution in [0.15, 0.2) is 46.9 Å². The Balaban J connectivity index is 1.67. The molecular formula is C19H17N3OS2. The Morgan fingerprint density at radius 3 is 2.76 bits per heavy atom. The minimum Gasteiger partial charge on any atom is -0.510 e. The lowest BCUT2D eigenvalue weighted by Gasteiger charge is -2.21. The number of hydrogen-bond donors (Lipinski definition) is 2. The Bertz CT molecular complexity index is 986. The van der Waals surface area contributed by atoms with Gasteiger partial charge in [-0.15, -0.1) is 22.7 Å². The maximum Gasteiger partial charge on any atom is 0.139 e. The van der Waals surface area contributed by atoms with Gasteiger partial charge in [0.2, 0.25) is 0 Å². The van der Waals surface area contributed by atoms with Crippen LogP contribution in [-0.4, -0.2) is 22.5 Å². The summed E-state index contributed by atoms with van der Waals surface area (Å²) >= 11 is 3.10. The molecule has 0 bridgehead atoms. The normalized spacial score (nSPS) is 14.6. The summed E-state index contributed by atoms with van der Waals surface area (Å²) in [7, 11) is 0. The molecule has 4 rings (SSSR count). The van der Waals surface area contributed by atoms with Crippen molar-refractivity contribution >= 4 is 39.8 Å². The Hall–Kier alpha value is -2.44. The molecule has 0 saturated carbocycles. The van der Waals surface area contributed by atoms with Crippen LogP contribution in [0.5, 0.6) is 0 Å². The molecule has 0 atom stereocenters. The van der Waals surface area contributed by atoms with Crippen molar-refractivity contribution in [2.24, 2.45) is 0 Å². The average molecular weight is 367 g/mol. The van der Waals surface area contributed by atoms with Gasteiger partial charge in [-0.05, 0) is 36.9 Å². The van der Waals surface area contributed by atoms with Crippen LogP contribution < -0.4 is 4.90 Å². The SMILES string of the molecule is Cc1ccc(N2CC(O)=C(c3nc(-c4cccs4)cs3)C2=N)c(C)c1. The van der Waals surface area contributed by atoms with Crippen molar-refractivity contribution in [1.29, 1.82) is 5.41 Å². The van der Waals surface area contributed by atoms with Gasteiger partial charge in [0.1, 0.15) is 16.6 Å². The van der Waals surface area contributed by atoms with Crippen LogP contribution in [0, 0.1) is 19.3 Å². The van der Waals surface area contributed by atoms with Crippen molar-refractivity contribution in [3.05, 3.63) is 63.0 Å². The van der Waals surface area contributed by atoms with Crippen LogP contribution in [0.4, 0.5) is 5.69 Å². The molecule has 1 aliphatic rings. The highest BCUT2D eigenvalue weighted by Crippen LogP contribution is 2.36. The summed E-state index contributed by atoms with van der Waals surface area (Å²) in [6.07, 6.45) is 0. The fourth-order valence-corrected chi connectivity index (χ4v) is 4.69. The Morgan fingerprint density at radius 1 is 1.20 bits per heavy atom. The second-order valence-electron chi connectivity index (χ2n) is 6.06. The summed E-state index contributed by atoms with van der Waals surface area (Å²) in [4.78, 5) is 7.58. The van der Waals surface area contributed by atoms with E-state index in [1.807, 2.05) is 46.8 Å². The second-order valence-corrected chi connectivity index (χ2v) is 7.87. The largest absolute Gasteiger partial charge is 0.510 e. The third kappa shape index (κ3) is 2.77. The molecule has 0 unspecified atom stereocenters. The maximum absolute atomic E-state index is 10.5. The molecule has 126 valence electrons. The van der Waals surface area contributed by atoms with Gasteiger partial charge >= 0.3 is 0 Å². The highest BCUT2D eigenvalue weighted by Gasteiger charge is 2.31. The van der Waals surface area contributed by atoms with E-state index in [1.54, 1.807) is 11.3 Å². The minimum atomic E-state index is 0.206. The van der Waals surface area contributed by atoms with E-state index in [4.69, 9.17) is 5.41 Å². The Labute approximate surface area is 154 Å². The van der Waals surface area contributed by atoms with Gasteiger partial charge in [-0.3, -0.25) is 5.41 Å². The zero-order valence-corrected chi connectivity index (χ0v) is 15.5. The first-order valence-electron chi connectivity index (χ1n) is 7.90. The smallest absolute Gasteiger partial charge is 0.139 e. The lowest BCUT2D eigenvalue weighted by atomic mass is 10.1. The molecule has 1 aromatic carbocycles. The van der Waals surface area contributed by atoms with Gasteiger partial charge in [-0.25, -0.2) is 4.98 Å². The van der Waals surface area contributed by atoms with E-state index >= 15 is 0 Å². The van der Waals surface area contributed by atoms with E-state index in [0.29, 0.717) is 23.0 Å². The van der Waals surface area contributed by atoms with Gasteiger partial charge in [0.25, 0.3) is 0 Å². The zero-order valence-electron chi connectivity index (χ0n) is 13.9. The highest BCUT2D eigenvalue weighted by atomic mass is 32.1. The molecule has 3 heterocycles. The van der Waals surface area contributed by atoms with Gasteiger partial charge in [0.15, 0.2) is 0 Å². The van der Waals surface area contributed by atoms with Gasteiger partial charge in [0.05, 0.1) is 22.7 Å². The van der Waals surface area contributed by atoms with E-state index in [2.05, 4.69) is 18.0 Å². The molecular weight excluding hydrogens is 350 g/mol. The number of aromatic nitrogens is 1. The number of nitrogens with zero attached hydrogens (tertiary/aromatic N) is 2.